The third kappa shape index (κ3) is 2.92. The smallest absolute Gasteiger partial charge is 0.328 e. The van der Waals surface area contributed by atoms with Crippen molar-refractivity contribution in [1.82, 2.24) is 0 Å². The van der Waals surface area contributed by atoms with Crippen LogP contribution in [0.15, 0.2) is 40.8 Å². The second kappa shape index (κ2) is 5.40. The lowest BCUT2D eigenvalue weighted by Gasteiger charge is -2.02. The Kier molecular flexibility index (Phi) is 3.65. The lowest BCUT2D eigenvalue weighted by molar-refractivity contribution is -0.384. The van der Waals surface area contributed by atoms with Gasteiger partial charge < -0.3 is 9.52 Å². The highest BCUT2D eigenvalue weighted by Gasteiger charge is 2.12. The fourth-order valence-corrected chi connectivity index (χ4v) is 1.73. The number of furan rings is 1. The molecule has 0 spiro atoms. The number of nitro groups is 1. The van der Waals surface area contributed by atoms with Crippen LogP contribution >= 0.6 is 0 Å². The fourth-order valence-electron chi connectivity index (χ4n) is 1.73. The van der Waals surface area contributed by atoms with Crippen LogP contribution in [0.25, 0.3) is 17.4 Å². The predicted molar refractivity (Wildman–Crippen MR) is 72.2 cm³/mol. The second-order valence-electron chi connectivity index (χ2n) is 4.13. The minimum atomic E-state index is -1.07. The van der Waals surface area contributed by atoms with Crippen LogP contribution in [0.4, 0.5) is 5.69 Å². The molecule has 0 amide bonds. The summed E-state index contributed by atoms with van der Waals surface area (Å²) in [5, 5.41) is 19.3. The van der Waals surface area contributed by atoms with Crippen molar-refractivity contribution in [3.05, 3.63) is 57.8 Å². The van der Waals surface area contributed by atoms with Crippen LogP contribution in [0, 0.1) is 17.0 Å². The number of carboxylic acids is 1. The first-order valence-corrected chi connectivity index (χ1v) is 5.73. The molecule has 6 nitrogen and oxygen atoms in total. The number of rotatable bonds is 4. The molecule has 2 rings (SSSR count). The molecule has 0 radical (unpaired) electrons. The third-order valence-corrected chi connectivity index (χ3v) is 2.71. The quantitative estimate of drug-likeness (QED) is 0.524. The van der Waals surface area contributed by atoms with Gasteiger partial charge in [-0.05, 0) is 30.7 Å². The molecule has 1 aromatic carbocycles. The Labute approximate surface area is 114 Å². The Morgan fingerprint density at radius 1 is 1.35 bits per heavy atom. The average molecular weight is 273 g/mol. The van der Waals surface area contributed by atoms with Crippen LogP contribution in [-0.2, 0) is 4.79 Å². The number of carbonyl (C=O) groups is 1. The van der Waals surface area contributed by atoms with Crippen molar-refractivity contribution in [1.29, 1.82) is 0 Å². The van der Waals surface area contributed by atoms with Crippen molar-refractivity contribution < 1.29 is 19.2 Å². The van der Waals surface area contributed by atoms with E-state index >= 15 is 0 Å². The molecule has 6 heteroatoms. The zero-order valence-corrected chi connectivity index (χ0v) is 10.6. The van der Waals surface area contributed by atoms with Crippen molar-refractivity contribution in [2.75, 3.05) is 0 Å². The molecule has 2 aromatic rings. The summed E-state index contributed by atoms with van der Waals surface area (Å²) in [6.07, 6.45) is 2.28. The first-order valence-electron chi connectivity index (χ1n) is 5.73. The normalized spacial score (nSPS) is 10.8. The monoisotopic (exact) mass is 273 g/mol. The number of hydrogen-bond acceptors (Lipinski definition) is 4. The number of carboxylic acid groups (broad SMARTS) is 1. The second-order valence-corrected chi connectivity index (χ2v) is 4.13. The summed E-state index contributed by atoms with van der Waals surface area (Å²) in [6, 6.07) is 7.75. The van der Waals surface area contributed by atoms with Gasteiger partial charge in [-0.2, -0.15) is 0 Å². The number of non-ortho nitro benzene ring substituents is 1. The molecule has 1 N–H and O–H groups in total. The average Bonchev–Trinajstić information content (AvgIpc) is 2.85. The van der Waals surface area contributed by atoms with Gasteiger partial charge in [-0.3, -0.25) is 10.1 Å². The minimum Gasteiger partial charge on any atom is -0.478 e. The largest absolute Gasteiger partial charge is 0.478 e. The number of benzene rings is 1. The van der Waals surface area contributed by atoms with E-state index in [1.54, 1.807) is 18.2 Å². The minimum absolute atomic E-state index is 0.0235. The Morgan fingerprint density at radius 2 is 2.10 bits per heavy atom. The van der Waals surface area contributed by atoms with E-state index in [-0.39, 0.29) is 5.69 Å². The van der Waals surface area contributed by atoms with Crippen molar-refractivity contribution in [2.45, 2.75) is 6.92 Å². The van der Waals surface area contributed by atoms with Crippen LogP contribution in [0.3, 0.4) is 0 Å². The molecule has 1 aromatic heterocycles. The van der Waals surface area contributed by atoms with Gasteiger partial charge in [0.05, 0.1) is 4.92 Å². The van der Waals surface area contributed by atoms with E-state index in [0.29, 0.717) is 17.1 Å². The summed E-state index contributed by atoms with van der Waals surface area (Å²) in [5.74, 6) is -0.251. The van der Waals surface area contributed by atoms with Crippen molar-refractivity contribution >= 4 is 17.7 Å². The van der Waals surface area contributed by atoms with Crippen molar-refractivity contribution in [3.8, 4) is 11.3 Å². The molecular weight excluding hydrogens is 262 g/mol. The number of nitrogens with zero attached hydrogens (tertiary/aromatic N) is 1. The van der Waals surface area contributed by atoms with E-state index in [1.165, 1.54) is 18.2 Å². The molecule has 0 fully saturated rings. The van der Waals surface area contributed by atoms with Crippen LogP contribution in [0.2, 0.25) is 0 Å². The molecule has 0 bridgehead atoms. The highest BCUT2D eigenvalue weighted by molar-refractivity contribution is 5.84. The van der Waals surface area contributed by atoms with Crippen LogP contribution in [0.5, 0.6) is 0 Å². The van der Waals surface area contributed by atoms with Gasteiger partial charge >= 0.3 is 5.97 Å². The highest BCUT2D eigenvalue weighted by Crippen LogP contribution is 2.29. The number of hydrogen-bond donors (Lipinski definition) is 1. The molecule has 20 heavy (non-hydrogen) atoms. The summed E-state index contributed by atoms with van der Waals surface area (Å²) in [4.78, 5) is 20.7. The zero-order valence-electron chi connectivity index (χ0n) is 10.6. The molecule has 0 aliphatic heterocycles. The molecule has 0 unspecified atom stereocenters. The Bertz CT molecular complexity index is 699. The molecule has 1 heterocycles. The summed E-state index contributed by atoms with van der Waals surface area (Å²) in [5.41, 5.74) is 1.41. The number of nitro benzene ring substituents is 1. The molecule has 0 saturated heterocycles. The van der Waals surface area contributed by atoms with Gasteiger partial charge in [0.25, 0.3) is 5.69 Å². The maximum Gasteiger partial charge on any atom is 0.328 e. The van der Waals surface area contributed by atoms with Crippen molar-refractivity contribution in [3.63, 3.8) is 0 Å². The third-order valence-electron chi connectivity index (χ3n) is 2.71. The van der Waals surface area contributed by atoms with E-state index in [9.17, 15) is 14.9 Å². The topological polar surface area (TPSA) is 93.6 Å². The first-order chi connectivity index (χ1) is 9.47. The highest BCUT2D eigenvalue weighted by atomic mass is 16.6. The molecule has 0 aliphatic rings. The zero-order chi connectivity index (χ0) is 14.7. The van der Waals surface area contributed by atoms with E-state index in [0.717, 1.165) is 11.6 Å². The van der Waals surface area contributed by atoms with Gasteiger partial charge in [-0.1, -0.05) is 6.07 Å². The molecular formula is C14H11NO5. The standard InChI is InChI=1S/C14H11NO5/c1-9-2-3-10(15(18)19)8-12(9)13-6-4-11(20-13)5-7-14(16)17/h2-8H,1H3,(H,16,17). The predicted octanol–water partition coefficient (Wildman–Crippen LogP) is 3.26. The van der Waals surface area contributed by atoms with Gasteiger partial charge in [0, 0.05) is 23.8 Å². The SMILES string of the molecule is Cc1ccc([N+](=O)[O-])cc1-c1ccc(C=CC(=O)O)o1. The van der Waals surface area contributed by atoms with Crippen molar-refractivity contribution in [2.24, 2.45) is 0 Å². The van der Waals surface area contributed by atoms with Gasteiger partial charge in [-0.25, -0.2) is 4.79 Å². The Balaban J connectivity index is 2.39. The summed E-state index contributed by atoms with van der Waals surface area (Å²) < 4.78 is 5.46. The van der Waals surface area contributed by atoms with Gasteiger partial charge in [0.1, 0.15) is 11.5 Å². The van der Waals surface area contributed by atoms with Gasteiger partial charge in [0.15, 0.2) is 0 Å². The van der Waals surface area contributed by atoms with Crippen LogP contribution in [0.1, 0.15) is 11.3 Å². The van der Waals surface area contributed by atoms with Crippen LogP contribution in [-0.4, -0.2) is 16.0 Å². The molecule has 0 atom stereocenters. The van der Waals surface area contributed by atoms with Crippen LogP contribution < -0.4 is 0 Å². The maximum atomic E-state index is 10.8. The molecule has 102 valence electrons. The fraction of sp³-hybridized carbons (Fsp3) is 0.0714. The van der Waals surface area contributed by atoms with E-state index in [2.05, 4.69) is 0 Å². The summed E-state index contributed by atoms with van der Waals surface area (Å²) >= 11 is 0. The number of aliphatic carboxylic acids is 1. The van der Waals surface area contributed by atoms with E-state index in [4.69, 9.17) is 9.52 Å². The Hall–Kier alpha value is -2.89. The van der Waals surface area contributed by atoms with Gasteiger partial charge in [0.2, 0.25) is 0 Å². The Morgan fingerprint density at radius 3 is 2.75 bits per heavy atom. The lowest BCUT2D eigenvalue weighted by Crippen LogP contribution is -1.89. The van der Waals surface area contributed by atoms with E-state index in [1.807, 2.05) is 6.92 Å². The summed E-state index contributed by atoms with van der Waals surface area (Å²) in [6.45, 7) is 1.81. The molecule has 0 saturated carbocycles. The lowest BCUT2D eigenvalue weighted by atomic mass is 10.1. The van der Waals surface area contributed by atoms with Gasteiger partial charge in [-0.15, -0.1) is 0 Å². The number of aryl methyl sites for hydroxylation is 1. The maximum absolute atomic E-state index is 10.8. The summed E-state index contributed by atoms with van der Waals surface area (Å²) in [7, 11) is 0. The van der Waals surface area contributed by atoms with E-state index < -0.39 is 10.9 Å². The first kappa shape index (κ1) is 13.5. The molecule has 0 aliphatic carbocycles.